The molecule has 4 nitrogen and oxygen atoms in total. The molecule has 1 unspecified atom stereocenters. The molecular weight excluding hydrogens is 721 g/mol. The minimum atomic E-state index is 0.268. The molecule has 10 aromatic rings. The van der Waals surface area contributed by atoms with Gasteiger partial charge in [0.15, 0.2) is 0 Å². The van der Waals surface area contributed by atoms with Crippen LogP contribution in [0.2, 0.25) is 0 Å². The van der Waals surface area contributed by atoms with Crippen LogP contribution in [0.4, 0.5) is 0 Å². The lowest BCUT2D eigenvalue weighted by molar-refractivity contribution is 0.848. The Labute approximate surface area is 330 Å². The maximum absolute atomic E-state index is 10.2. The van der Waals surface area contributed by atoms with Crippen molar-refractivity contribution >= 4 is 92.5 Å². The number of allylic oxidation sites excluding steroid dienone is 4. The Bertz CT molecular complexity index is 3520. The van der Waals surface area contributed by atoms with E-state index in [-0.39, 0.29) is 5.92 Å². The molecule has 7 aromatic carbocycles. The van der Waals surface area contributed by atoms with Gasteiger partial charge in [-0.25, -0.2) is 0 Å². The minimum absolute atomic E-state index is 0.268. The summed E-state index contributed by atoms with van der Waals surface area (Å²) in [5.41, 5.74) is 11.5. The summed E-state index contributed by atoms with van der Waals surface area (Å²) in [6, 6.07) is 54.4. The van der Waals surface area contributed by atoms with E-state index in [1.807, 2.05) is 47.4 Å². The number of nitrogens with zero attached hydrogens (tertiary/aromatic N) is 4. The number of thiophene rings is 1. The van der Waals surface area contributed by atoms with Gasteiger partial charge in [0.2, 0.25) is 0 Å². The average Bonchev–Trinajstić information content (AvgIpc) is 4.00. The Kier molecular flexibility index (Phi) is 6.66. The highest BCUT2D eigenvalue weighted by Gasteiger charge is 2.32. The summed E-state index contributed by atoms with van der Waals surface area (Å²) >= 11 is 3.71. The van der Waals surface area contributed by atoms with E-state index >= 15 is 0 Å². The third-order valence-corrected chi connectivity index (χ3v) is 14.2. The maximum Gasteiger partial charge on any atom is 0.101 e. The normalized spacial score (nSPS) is 15.0. The van der Waals surface area contributed by atoms with E-state index in [1.54, 1.807) is 0 Å². The molecule has 0 bridgehead atoms. The highest BCUT2D eigenvalue weighted by Crippen LogP contribution is 2.54. The smallest absolute Gasteiger partial charge is 0.101 e. The molecule has 1 aliphatic heterocycles. The van der Waals surface area contributed by atoms with E-state index in [4.69, 9.17) is 0 Å². The number of nitriles is 2. The van der Waals surface area contributed by atoms with E-state index < -0.39 is 0 Å². The van der Waals surface area contributed by atoms with E-state index in [9.17, 15) is 10.5 Å². The lowest BCUT2D eigenvalue weighted by atomic mass is 9.85. The van der Waals surface area contributed by atoms with Crippen molar-refractivity contribution in [3.05, 3.63) is 179 Å². The lowest BCUT2D eigenvalue weighted by Crippen LogP contribution is -2.03. The van der Waals surface area contributed by atoms with Gasteiger partial charge in [-0.2, -0.15) is 10.5 Å². The number of rotatable bonds is 3. The van der Waals surface area contributed by atoms with Crippen molar-refractivity contribution in [2.24, 2.45) is 0 Å². The predicted octanol–water partition coefficient (Wildman–Crippen LogP) is 13.6. The van der Waals surface area contributed by atoms with Crippen molar-refractivity contribution in [3.63, 3.8) is 0 Å². The van der Waals surface area contributed by atoms with Gasteiger partial charge in [-0.1, -0.05) is 90.6 Å². The number of hydrogen-bond donors (Lipinski definition) is 0. The van der Waals surface area contributed by atoms with Crippen molar-refractivity contribution in [3.8, 4) is 23.5 Å². The van der Waals surface area contributed by atoms with Crippen LogP contribution in [0.15, 0.2) is 161 Å². The minimum Gasteiger partial charge on any atom is -0.308 e. The number of thioether (sulfide) groups is 1. The second-order valence-corrected chi connectivity index (χ2v) is 16.9. The van der Waals surface area contributed by atoms with Crippen LogP contribution < -0.4 is 0 Å². The van der Waals surface area contributed by atoms with Gasteiger partial charge in [0.05, 0.1) is 33.2 Å². The fourth-order valence-corrected chi connectivity index (χ4v) is 11.6. The molecule has 3 aromatic heterocycles. The van der Waals surface area contributed by atoms with Crippen molar-refractivity contribution in [1.82, 2.24) is 9.13 Å². The topological polar surface area (TPSA) is 57.4 Å². The third kappa shape index (κ3) is 4.40. The van der Waals surface area contributed by atoms with Crippen LogP contribution >= 0.6 is 23.1 Å². The summed E-state index contributed by atoms with van der Waals surface area (Å²) in [6.07, 6.45) is 5.56. The quantitative estimate of drug-likeness (QED) is 0.181. The van der Waals surface area contributed by atoms with Crippen molar-refractivity contribution in [1.29, 1.82) is 10.5 Å². The summed E-state index contributed by atoms with van der Waals surface area (Å²) in [4.78, 5) is 2.69. The molecule has 0 amide bonds. The number of aromatic nitrogens is 2. The van der Waals surface area contributed by atoms with Gasteiger partial charge in [0.25, 0.3) is 0 Å². The number of benzene rings is 7. The third-order valence-electron chi connectivity index (χ3n) is 11.8. The molecule has 6 heteroatoms. The second kappa shape index (κ2) is 11.8. The van der Waals surface area contributed by atoms with Gasteiger partial charge < -0.3 is 9.13 Å². The molecule has 0 saturated heterocycles. The van der Waals surface area contributed by atoms with Gasteiger partial charge in [0, 0.05) is 63.9 Å². The Hall–Kier alpha value is -6.83. The molecule has 4 heterocycles. The van der Waals surface area contributed by atoms with E-state index in [1.165, 1.54) is 46.7 Å². The summed E-state index contributed by atoms with van der Waals surface area (Å²) in [7, 11) is 0. The van der Waals surface area contributed by atoms with Crippen molar-refractivity contribution < 1.29 is 0 Å². The predicted molar refractivity (Wildman–Crippen MR) is 233 cm³/mol. The molecule has 2 aliphatic rings. The van der Waals surface area contributed by atoms with Crippen LogP contribution in [0.3, 0.4) is 0 Å². The van der Waals surface area contributed by atoms with Gasteiger partial charge in [0.1, 0.15) is 12.1 Å². The second-order valence-electron chi connectivity index (χ2n) is 14.7. The fraction of sp³-hybridized carbons (Fsp3) is 0.0400. The van der Waals surface area contributed by atoms with E-state index in [0.29, 0.717) is 11.1 Å². The summed E-state index contributed by atoms with van der Waals surface area (Å²) < 4.78 is 7.05. The zero-order valence-corrected chi connectivity index (χ0v) is 31.5. The van der Waals surface area contributed by atoms with Crippen LogP contribution in [0.25, 0.3) is 80.7 Å². The van der Waals surface area contributed by atoms with Crippen LogP contribution in [-0.4, -0.2) is 9.13 Å². The Morgan fingerprint density at radius 1 is 0.536 bits per heavy atom. The molecule has 1 atom stereocenters. The summed E-state index contributed by atoms with van der Waals surface area (Å²) in [5.74, 6) is 0.268. The summed E-state index contributed by atoms with van der Waals surface area (Å²) in [5, 5.41) is 27.3. The summed E-state index contributed by atoms with van der Waals surface area (Å²) in [6.45, 7) is 0. The van der Waals surface area contributed by atoms with E-state index in [2.05, 4.69) is 149 Å². The van der Waals surface area contributed by atoms with Gasteiger partial charge in [-0.3, -0.25) is 0 Å². The highest BCUT2D eigenvalue weighted by molar-refractivity contribution is 8.03. The SMILES string of the molecule is N#Cc1cccc2c3ccccc3n(-c3ccc4c(c3)C3CC(c5ccc6sc7ccc(-n8c9ccccc9c9cccc(C#N)c98)cc7c6c5)=CC=C3S4)c12. The molecule has 56 heavy (non-hydrogen) atoms. The van der Waals surface area contributed by atoms with Crippen LogP contribution in [0.1, 0.15) is 34.6 Å². The molecule has 0 radical (unpaired) electrons. The molecule has 12 rings (SSSR count). The Morgan fingerprint density at radius 2 is 1.12 bits per heavy atom. The van der Waals surface area contributed by atoms with Crippen LogP contribution in [-0.2, 0) is 0 Å². The first-order valence-electron chi connectivity index (χ1n) is 18.7. The first-order valence-corrected chi connectivity index (χ1v) is 20.3. The monoisotopic (exact) mass is 748 g/mol. The average molecular weight is 749 g/mol. The van der Waals surface area contributed by atoms with Crippen LogP contribution in [0.5, 0.6) is 0 Å². The maximum atomic E-state index is 10.2. The van der Waals surface area contributed by atoms with Crippen molar-refractivity contribution in [2.45, 2.75) is 17.2 Å². The zero-order valence-electron chi connectivity index (χ0n) is 29.8. The molecule has 1 aliphatic carbocycles. The van der Waals surface area contributed by atoms with Crippen molar-refractivity contribution in [2.75, 3.05) is 0 Å². The first kappa shape index (κ1) is 31.5. The number of para-hydroxylation sites is 4. The lowest BCUT2D eigenvalue weighted by Gasteiger charge is -2.20. The molecule has 0 saturated carbocycles. The Morgan fingerprint density at radius 3 is 1.80 bits per heavy atom. The molecule has 0 fully saturated rings. The number of fused-ring (bicyclic) bond motifs is 12. The van der Waals surface area contributed by atoms with Gasteiger partial charge in [-0.15, -0.1) is 11.3 Å². The standard InChI is InChI=1S/C50H28N4S2/c51-27-31-7-5-11-37-35-9-1-3-13-43(35)53(49(31)37)33-17-21-47-41(25-33)39-23-29(15-19-45(39)55-47)30-16-20-46-40(24-30)42-26-34(18-22-48(42)56-46)54-44-14-4-2-10-36(44)38-12-6-8-32(28-52)50(38)54/h1-23,25-26,40H,24H2. The Balaban J connectivity index is 0.950. The molecule has 0 N–H and O–H groups in total. The number of hydrogen-bond acceptors (Lipinski definition) is 4. The largest absolute Gasteiger partial charge is 0.308 e. The van der Waals surface area contributed by atoms with Crippen LogP contribution in [0, 0.1) is 22.7 Å². The fourth-order valence-electron chi connectivity index (χ4n) is 9.30. The highest BCUT2D eigenvalue weighted by atomic mass is 32.2. The van der Waals surface area contributed by atoms with E-state index in [0.717, 1.165) is 61.4 Å². The van der Waals surface area contributed by atoms with Gasteiger partial charge >= 0.3 is 0 Å². The first-order chi connectivity index (χ1) is 27.7. The van der Waals surface area contributed by atoms with Gasteiger partial charge in [-0.05, 0) is 101 Å². The molecule has 0 spiro atoms. The molecular formula is C50H28N4S2. The zero-order chi connectivity index (χ0) is 37.1. The molecule has 260 valence electrons.